The van der Waals surface area contributed by atoms with Gasteiger partial charge in [0.1, 0.15) is 6.10 Å². The largest absolute Gasteiger partial charge is 0.394 e. The summed E-state index contributed by atoms with van der Waals surface area (Å²) in [7, 11) is 0. The molecule has 1 unspecified atom stereocenters. The molecule has 0 aliphatic carbocycles. The molecule has 19 heavy (non-hydrogen) atoms. The van der Waals surface area contributed by atoms with E-state index in [1.807, 2.05) is 0 Å². The summed E-state index contributed by atoms with van der Waals surface area (Å²) in [6.45, 7) is 8.66. The summed E-state index contributed by atoms with van der Waals surface area (Å²) in [5.41, 5.74) is 0. The van der Waals surface area contributed by atoms with Gasteiger partial charge in [0.25, 0.3) is 0 Å². The third-order valence-corrected chi connectivity index (χ3v) is 3.20. The first-order valence-electron chi connectivity index (χ1n) is 8.00. The van der Waals surface area contributed by atoms with Crippen LogP contribution >= 0.6 is 0 Å². The molecule has 0 fully saturated rings. The Morgan fingerprint density at radius 2 is 1.63 bits per heavy atom. The van der Waals surface area contributed by atoms with Crippen LogP contribution in [0, 0.1) is 5.92 Å². The molecule has 0 saturated heterocycles. The summed E-state index contributed by atoms with van der Waals surface area (Å²) in [6.07, 6.45) is 8.49. The Bertz CT molecular complexity index is 171. The highest BCUT2D eigenvalue weighted by Crippen LogP contribution is 2.06. The van der Waals surface area contributed by atoms with E-state index in [-0.39, 0.29) is 12.7 Å². The number of aliphatic hydroxyl groups excluding tert-OH is 1. The van der Waals surface area contributed by atoms with Gasteiger partial charge in [-0.05, 0) is 18.8 Å². The molecule has 0 aromatic rings. The van der Waals surface area contributed by atoms with E-state index in [1.54, 1.807) is 0 Å². The van der Waals surface area contributed by atoms with Crippen molar-refractivity contribution in [2.75, 3.05) is 26.4 Å². The van der Waals surface area contributed by atoms with Crippen LogP contribution in [-0.4, -0.2) is 37.6 Å². The SMILES string of the molecule is CCCCCCCCOC(CO)COCCC(C)C. The van der Waals surface area contributed by atoms with E-state index in [9.17, 15) is 5.11 Å². The summed E-state index contributed by atoms with van der Waals surface area (Å²) in [4.78, 5) is 0. The standard InChI is InChI=1S/C16H34O3/c1-4-5-6-7-8-9-11-19-16(13-17)14-18-12-10-15(2)3/h15-17H,4-14H2,1-3H3. The number of ether oxygens (including phenoxy) is 2. The first kappa shape index (κ1) is 18.9. The molecule has 1 atom stereocenters. The molecule has 0 aromatic carbocycles. The summed E-state index contributed by atoms with van der Waals surface area (Å²) in [5, 5.41) is 9.20. The highest BCUT2D eigenvalue weighted by atomic mass is 16.5. The maximum absolute atomic E-state index is 9.20. The van der Waals surface area contributed by atoms with Crippen molar-refractivity contribution in [2.45, 2.75) is 71.8 Å². The molecular formula is C16H34O3. The molecule has 0 radical (unpaired) electrons. The molecule has 0 aliphatic rings. The third kappa shape index (κ3) is 14.1. The van der Waals surface area contributed by atoms with E-state index < -0.39 is 0 Å². The predicted molar refractivity (Wildman–Crippen MR) is 80.5 cm³/mol. The monoisotopic (exact) mass is 274 g/mol. The Morgan fingerprint density at radius 3 is 2.26 bits per heavy atom. The maximum atomic E-state index is 9.20. The van der Waals surface area contributed by atoms with Gasteiger partial charge in [0.2, 0.25) is 0 Å². The molecular weight excluding hydrogens is 240 g/mol. The molecule has 0 aliphatic heterocycles. The molecule has 1 N–H and O–H groups in total. The van der Waals surface area contributed by atoms with Crippen molar-refractivity contribution in [3.8, 4) is 0 Å². The van der Waals surface area contributed by atoms with Crippen LogP contribution in [0.25, 0.3) is 0 Å². The van der Waals surface area contributed by atoms with Crippen molar-refractivity contribution in [3.63, 3.8) is 0 Å². The smallest absolute Gasteiger partial charge is 0.104 e. The van der Waals surface area contributed by atoms with Crippen LogP contribution in [0.4, 0.5) is 0 Å². The molecule has 3 heteroatoms. The molecule has 0 amide bonds. The van der Waals surface area contributed by atoms with Crippen LogP contribution in [0.3, 0.4) is 0 Å². The lowest BCUT2D eigenvalue weighted by atomic mass is 10.1. The van der Waals surface area contributed by atoms with Crippen LogP contribution in [0.5, 0.6) is 0 Å². The van der Waals surface area contributed by atoms with E-state index in [1.165, 1.54) is 32.1 Å². The zero-order valence-electron chi connectivity index (χ0n) is 13.2. The van der Waals surface area contributed by atoms with Crippen LogP contribution in [0.1, 0.15) is 65.7 Å². The van der Waals surface area contributed by atoms with Crippen molar-refractivity contribution < 1.29 is 14.6 Å². The number of aliphatic hydroxyl groups is 1. The minimum absolute atomic E-state index is 0.0531. The van der Waals surface area contributed by atoms with E-state index in [2.05, 4.69) is 20.8 Å². The minimum atomic E-state index is -0.150. The average molecular weight is 274 g/mol. The van der Waals surface area contributed by atoms with Gasteiger partial charge in [0.15, 0.2) is 0 Å². The van der Waals surface area contributed by atoms with E-state index in [4.69, 9.17) is 9.47 Å². The number of unbranched alkanes of at least 4 members (excludes halogenated alkanes) is 5. The van der Waals surface area contributed by atoms with Crippen molar-refractivity contribution in [1.82, 2.24) is 0 Å². The van der Waals surface area contributed by atoms with E-state index in [0.29, 0.717) is 12.5 Å². The van der Waals surface area contributed by atoms with Gasteiger partial charge in [-0.25, -0.2) is 0 Å². The Morgan fingerprint density at radius 1 is 0.947 bits per heavy atom. The van der Waals surface area contributed by atoms with Crippen molar-refractivity contribution in [2.24, 2.45) is 5.92 Å². The molecule has 0 heterocycles. The highest BCUT2D eigenvalue weighted by molar-refractivity contribution is 4.55. The minimum Gasteiger partial charge on any atom is -0.394 e. The number of rotatable bonds is 14. The third-order valence-electron chi connectivity index (χ3n) is 3.20. The second-order valence-corrected chi connectivity index (χ2v) is 5.70. The molecule has 3 nitrogen and oxygen atoms in total. The number of hydrogen-bond acceptors (Lipinski definition) is 3. The first-order chi connectivity index (χ1) is 9.20. The zero-order valence-corrected chi connectivity index (χ0v) is 13.2. The van der Waals surface area contributed by atoms with Crippen LogP contribution < -0.4 is 0 Å². The molecule has 116 valence electrons. The molecule has 0 bridgehead atoms. The summed E-state index contributed by atoms with van der Waals surface area (Å²) in [6, 6.07) is 0. The second-order valence-electron chi connectivity index (χ2n) is 5.70. The normalized spacial score (nSPS) is 13.1. The average Bonchev–Trinajstić information content (AvgIpc) is 2.39. The van der Waals surface area contributed by atoms with Gasteiger partial charge in [-0.3, -0.25) is 0 Å². The summed E-state index contributed by atoms with van der Waals surface area (Å²) in [5.74, 6) is 0.664. The molecule has 0 rings (SSSR count). The zero-order chi connectivity index (χ0) is 14.3. The fraction of sp³-hybridized carbons (Fsp3) is 1.00. The summed E-state index contributed by atoms with van der Waals surface area (Å²) >= 11 is 0. The van der Waals surface area contributed by atoms with Crippen LogP contribution in [0.2, 0.25) is 0 Å². The fourth-order valence-electron chi connectivity index (χ4n) is 1.82. The molecule has 0 aromatic heterocycles. The van der Waals surface area contributed by atoms with Crippen LogP contribution in [0.15, 0.2) is 0 Å². The quantitative estimate of drug-likeness (QED) is 0.490. The lowest BCUT2D eigenvalue weighted by molar-refractivity contribution is -0.0446. The van der Waals surface area contributed by atoms with Gasteiger partial charge < -0.3 is 14.6 Å². The Kier molecular flexibility index (Phi) is 14.2. The lowest BCUT2D eigenvalue weighted by Crippen LogP contribution is -2.25. The van der Waals surface area contributed by atoms with Gasteiger partial charge >= 0.3 is 0 Å². The molecule has 0 saturated carbocycles. The van der Waals surface area contributed by atoms with Gasteiger partial charge in [0.05, 0.1) is 13.2 Å². The van der Waals surface area contributed by atoms with Gasteiger partial charge in [-0.2, -0.15) is 0 Å². The van der Waals surface area contributed by atoms with Gasteiger partial charge in [-0.1, -0.05) is 52.9 Å². The fourth-order valence-corrected chi connectivity index (χ4v) is 1.82. The first-order valence-corrected chi connectivity index (χ1v) is 8.00. The maximum Gasteiger partial charge on any atom is 0.104 e. The van der Waals surface area contributed by atoms with Gasteiger partial charge in [-0.15, -0.1) is 0 Å². The van der Waals surface area contributed by atoms with E-state index >= 15 is 0 Å². The highest BCUT2D eigenvalue weighted by Gasteiger charge is 2.07. The van der Waals surface area contributed by atoms with Crippen LogP contribution in [-0.2, 0) is 9.47 Å². The van der Waals surface area contributed by atoms with Crippen molar-refractivity contribution in [3.05, 3.63) is 0 Å². The topological polar surface area (TPSA) is 38.7 Å². The molecule has 0 spiro atoms. The Balaban J connectivity index is 3.33. The van der Waals surface area contributed by atoms with Gasteiger partial charge in [0, 0.05) is 13.2 Å². The van der Waals surface area contributed by atoms with E-state index in [0.717, 1.165) is 26.1 Å². The Labute approximate surface area is 119 Å². The second kappa shape index (κ2) is 14.3. The lowest BCUT2D eigenvalue weighted by Gasteiger charge is -2.16. The van der Waals surface area contributed by atoms with Crippen molar-refractivity contribution in [1.29, 1.82) is 0 Å². The predicted octanol–water partition coefficient (Wildman–Crippen LogP) is 3.79. The number of hydrogen-bond donors (Lipinski definition) is 1. The Hall–Kier alpha value is -0.120. The van der Waals surface area contributed by atoms with Crippen molar-refractivity contribution >= 4 is 0 Å². The summed E-state index contributed by atoms with van der Waals surface area (Å²) < 4.78 is 11.2.